The van der Waals surface area contributed by atoms with Crippen LogP contribution >= 0.6 is 7.82 Å². The van der Waals surface area contributed by atoms with Crippen LogP contribution in [0.5, 0.6) is 0 Å². The van der Waals surface area contributed by atoms with Gasteiger partial charge in [-0.15, -0.1) is 0 Å². The van der Waals surface area contributed by atoms with Gasteiger partial charge in [0.25, 0.3) is 0 Å². The number of aliphatic hydroxyl groups is 5. The van der Waals surface area contributed by atoms with E-state index < -0.39 is 75.7 Å². The Kier molecular flexibility index (Phi) is 38.2. The molecule has 0 spiro atoms. The molecule has 6 unspecified atom stereocenters. The Hall–Kier alpha value is -2.19. The summed E-state index contributed by atoms with van der Waals surface area (Å²) < 4.78 is 33.6. The molecule has 0 bridgehead atoms. The topological polar surface area (TPSA) is 210 Å². The molecule has 1 aliphatic carbocycles. The zero-order chi connectivity index (χ0) is 47.8. The number of rotatable bonds is 42. The average molecular weight is 943 g/mol. The van der Waals surface area contributed by atoms with E-state index in [0.717, 1.165) is 51.4 Å². The predicted octanol–water partition coefficient (Wildman–Crippen LogP) is 10.7. The minimum atomic E-state index is -5.13. The molecule has 0 amide bonds. The molecule has 0 saturated heterocycles. The van der Waals surface area contributed by atoms with Crippen LogP contribution in [0.15, 0.2) is 48.6 Å². The van der Waals surface area contributed by atoms with E-state index in [2.05, 4.69) is 50.3 Å². The van der Waals surface area contributed by atoms with Crippen LogP contribution in [0.3, 0.4) is 0 Å². The number of hydrogen-bond donors (Lipinski definition) is 6. The molecule has 0 aliphatic heterocycles. The number of carbonyl (C=O) groups is 2. The van der Waals surface area contributed by atoms with Gasteiger partial charge in [-0.1, -0.05) is 172 Å². The molecule has 14 heteroatoms. The fourth-order valence-electron chi connectivity index (χ4n) is 7.53. The van der Waals surface area contributed by atoms with E-state index in [-0.39, 0.29) is 12.8 Å². The van der Waals surface area contributed by atoms with Gasteiger partial charge in [-0.2, -0.15) is 0 Å². The van der Waals surface area contributed by atoms with Crippen molar-refractivity contribution in [2.24, 2.45) is 0 Å². The largest absolute Gasteiger partial charge is 0.472 e. The highest BCUT2D eigenvalue weighted by Gasteiger charge is 2.51. The fraction of sp³-hybridized carbons (Fsp3) is 0.804. The molecular formula is C51H91O13P. The fourth-order valence-corrected chi connectivity index (χ4v) is 8.51. The Morgan fingerprint density at radius 3 is 1.32 bits per heavy atom. The lowest BCUT2D eigenvalue weighted by Crippen LogP contribution is -2.64. The van der Waals surface area contributed by atoms with Crippen molar-refractivity contribution in [2.75, 3.05) is 13.2 Å². The van der Waals surface area contributed by atoms with E-state index in [0.29, 0.717) is 19.3 Å². The molecule has 0 heterocycles. The second-order valence-electron chi connectivity index (χ2n) is 17.7. The summed E-state index contributed by atoms with van der Waals surface area (Å²) >= 11 is 0. The van der Waals surface area contributed by atoms with Gasteiger partial charge in [0.15, 0.2) is 6.10 Å². The molecule has 65 heavy (non-hydrogen) atoms. The number of phosphoric acid groups is 1. The third-order valence-electron chi connectivity index (χ3n) is 11.6. The van der Waals surface area contributed by atoms with Crippen LogP contribution in [0.2, 0.25) is 0 Å². The molecular weight excluding hydrogens is 852 g/mol. The van der Waals surface area contributed by atoms with Crippen molar-refractivity contribution in [1.82, 2.24) is 0 Å². The van der Waals surface area contributed by atoms with Crippen LogP contribution in [0.1, 0.15) is 206 Å². The highest BCUT2D eigenvalue weighted by Crippen LogP contribution is 2.47. The Morgan fingerprint density at radius 2 is 0.846 bits per heavy atom. The molecule has 1 saturated carbocycles. The summed E-state index contributed by atoms with van der Waals surface area (Å²) in [5.74, 6) is -1.15. The molecule has 1 aliphatic rings. The van der Waals surface area contributed by atoms with Gasteiger partial charge in [0.1, 0.15) is 43.2 Å². The summed E-state index contributed by atoms with van der Waals surface area (Å²) in [5, 5.41) is 50.2. The van der Waals surface area contributed by atoms with Crippen LogP contribution in [-0.4, -0.2) is 98.3 Å². The van der Waals surface area contributed by atoms with E-state index >= 15 is 0 Å². The molecule has 0 radical (unpaired) electrons. The first kappa shape index (κ1) is 60.8. The van der Waals surface area contributed by atoms with Crippen molar-refractivity contribution in [1.29, 1.82) is 0 Å². The smallest absolute Gasteiger partial charge is 0.462 e. The minimum absolute atomic E-state index is 0.0315. The van der Waals surface area contributed by atoms with E-state index in [4.69, 9.17) is 18.5 Å². The first-order valence-corrected chi connectivity index (χ1v) is 26.9. The second-order valence-corrected chi connectivity index (χ2v) is 19.1. The zero-order valence-corrected chi connectivity index (χ0v) is 41.2. The van der Waals surface area contributed by atoms with Crippen LogP contribution in [0.4, 0.5) is 0 Å². The molecule has 8 atom stereocenters. The lowest BCUT2D eigenvalue weighted by atomic mass is 9.85. The molecule has 0 aromatic heterocycles. The van der Waals surface area contributed by atoms with E-state index in [9.17, 15) is 44.6 Å². The van der Waals surface area contributed by atoms with Gasteiger partial charge in [-0.3, -0.25) is 18.6 Å². The number of phosphoric ester groups is 1. The predicted molar refractivity (Wildman–Crippen MR) is 258 cm³/mol. The molecule has 378 valence electrons. The molecule has 6 N–H and O–H groups in total. The van der Waals surface area contributed by atoms with Crippen LogP contribution in [-0.2, 0) is 32.7 Å². The van der Waals surface area contributed by atoms with E-state index in [1.807, 2.05) is 12.2 Å². The van der Waals surface area contributed by atoms with Gasteiger partial charge in [0.05, 0.1) is 6.61 Å². The van der Waals surface area contributed by atoms with Crippen LogP contribution in [0, 0.1) is 0 Å². The van der Waals surface area contributed by atoms with Gasteiger partial charge >= 0.3 is 19.8 Å². The lowest BCUT2D eigenvalue weighted by molar-refractivity contribution is -0.220. The maximum absolute atomic E-state index is 12.8. The molecule has 1 fully saturated rings. The molecule has 0 aromatic rings. The van der Waals surface area contributed by atoms with E-state index in [1.54, 1.807) is 0 Å². The van der Waals surface area contributed by atoms with Crippen molar-refractivity contribution in [3.8, 4) is 0 Å². The third kappa shape index (κ3) is 33.0. The van der Waals surface area contributed by atoms with Crippen molar-refractivity contribution in [3.05, 3.63) is 48.6 Å². The summed E-state index contributed by atoms with van der Waals surface area (Å²) in [6.07, 6.45) is 35.9. The average Bonchev–Trinajstić information content (AvgIpc) is 3.29. The Labute approximate surface area is 392 Å². The normalized spacial score (nSPS) is 21.8. The summed E-state index contributed by atoms with van der Waals surface area (Å²) in [4.78, 5) is 35.8. The Bertz CT molecular complexity index is 1320. The minimum Gasteiger partial charge on any atom is -0.462 e. The van der Waals surface area contributed by atoms with Gasteiger partial charge in [-0.05, 0) is 70.6 Å². The number of carbonyl (C=O) groups excluding carboxylic acids is 2. The number of ether oxygens (including phenoxy) is 2. The summed E-state index contributed by atoms with van der Waals surface area (Å²) in [7, 11) is -5.13. The summed E-state index contributed by atoms with van der Waals surface area (Å²) in [6, 6.07) is 0. The lowest BCUT2D eigenvalue weighted by Gasteiger charge is -2.41. The zero-order valence-electron chi connectivity index (χ0n) is 40.3. The summed E-state index contributed by atoms with van der Waals surface area (Å²) in [6.45, 7) is 3.25. The third-order valence-corrected chi connectivity index (χ3v) is 12.6. The van der Waals surface area contributed by atoms with Gasteiger partial charge in [0, 0.05) is 12.8 Å². The quantitative estimate of drug-likeness (QED) is 0.0146. The SMILES string of the molecule is CCCCC/C=C/C/C=C/CCCCCCCCCCCC(=O)OC[C@@H](COP(=O)(O)OC1C(O)C(O)C(O)[C@H](O)C1O)OC(=O)CCC/C=C/C/C=C/CCCCCCCCCCC. The number of esters is 2. The Balaban J connectivity index is 2.44. The molecule has 1 rings (SSSR count). The molecule has 0 aromatic carbocycles. The number of aliphatic hydroxyl groups excluding tert-OH is 5. The van der Waals surface area contributed by atoms with Crippen LogP contribution in [0.25, 0.3) is 0 Å². The van der Waals surface area contributed by atoms with Gasteiger partial charge in [0.2, 0.25) is 0 Å². The van der Waals surface area contributed by atoms with Gasteiger partial charge < -0.3 is 39.9 Å². The summed E-state index contributed by atoms with van der Waals surface area (Å²) in [5.41, 5.74) is 0. The van der Waals surface area contributed by atoms with Crippen molar-refractivity contribution in [2.45, 2.75) is 249 Å². The standard InChI is InChI=1S/C51H91O13P/c1-3-5-7-9-11-13-15-17-19-21-22-24-25-27-29-31-33-35-37-39-44(52)61-41-43(42-62-65(59,60)64-51-49(57)47(55)46(54)48(56)50(51)58)63-45(53)40-38-36-34-32-30-28-26-23-20-18-16-14-12-10-8-6-4-2/h11,13,17,19,26,28,32,34,43,46-51,54-58H,3-10,12,14-16,18,20-25,27,29-31,33,35-42H2,1-2H3,(H,59,60)/b13-11+,19-17+,28-26+,34-32+/t43-,46?,47-,48?,49?,50?,51?/m0/s1. The van der Waals surface area contributed by atoms with Crippen molar-refractivity contribution >= 4 is 19.8 Å². The monoisotopic (exact) mass is 943 g/mol. The number of unbranched alkanes of at least 4 members (excludes halogenated alkanes) is 22. The maximum Gasteiger partial charge on any atom is 0.472 e. The maximum atomic E-state index is 12.8. The molecule has 13 nitrogen and oxygen atoms in total. The number of allylic oxidation sites excluding steroid dienone is 8. The van der Waals surface area contributed by atoms with Gasteiger partial charge in [-0.25, -0.2) is 4.57 Å². The Morgan fingerprint density at radius 1 is 0.477 bits per heavy atom. The van der Waals surface area contributed by atoms with Crippen LogP contribution < -0.4 is 0 Å². The highest BCUT2D eigenvalue weighted by atomic mass is 31.2. The van der Waals surface area contributed by atoms with Crippen molar-refractivity contribution < 1.29 is 63.1 Å². The van der Waals surface area contributed by atoms with Crippen molar-refractivity contribution in [3.63, 3.8) is 0 Å². The first-order chi connectivity index (χ1) is 31.4. The highest BCUT2D eigenvalue weighted by molar-refractivity contribution is 7.47. The van der Waals surface area contributed by atoms with E-state index in [1.165, 1.54) is 109 Å². The number of hydrogen-bond acceptors (Lipinski definition) is 12. The second kappa shape index (κ2) is 40.8. The first-order valence-electron chi connectivity index (χ1n) is 25.4.